The van der Waals surface area contributed by atoms with Crippen molar-refractivity contribution in [3.05, 3.63) is 168 Å². The molecule has 0 radical (unpaired) electrons. The number of thiophene rings is 1. The Hall–Kier alpha value is -6.89. The van der Waals surface area contributed by atoms with Crippen LogP contribution in [0.5, 0.6) is 0 Å². The third-order valence-corrected chi connectivity index (χ3v) is 16.4. The molecule has 67 heavy (non-hydrogen) atoms. The van der Waals surface area contributed by atoms with Gasteiger partial charge in [0.15, 0.2) is 7.28 Å². The highest BCUT2D eigenvalue weighted by atomic mass is 32.1. The number of nitrogens with zero attached hydrogens (tertiary/aromatic N) is 3. The van der Waals surface area contributed by atoms with Crippen molar-refractivity contribution >= 4 is 93.9 Å². The number of fused-ring (bicyclic) bond motifs is 12. The van der Waals surface area contributed by atoms with Gasteiger partial charge in [0.25, 0.3) is 0 Å². The molecule has 326 valence electrons. The van der Waals surface area contributed by atoms with E-state index < -0.39 is 0 Å². The third-order valence-electron chi connectivity index (χ3n) is 15.3. The van der Waals surface area contributed by atoms with Crippen LogP contribution in [0.2, 0.25) is 0 Å². The molecule has 0 atom stereocenters. The molecular weight excluding hydrogens is 832 g/mol. The van der Waals surface area contributed by atoms with Gasteiger partial charge in [-0.2, -0.15) is 0 Å². The third kappa shape index (κ3) is 5.94. The van der Waals surface area contributed by atoms with E-state index in [1.165, 1.54) is 103 Å². The molecule has 0 fully saturated rings. The van der Waals surface area contributed by atoms with Crippen LogP contribution in [0.25, 0.3) is 92.3 Å². The predicted molar refractivity (Wildman–Crippen MR) is 290 cm³/mol. The highest BCUT2D eigenvalue weighted by Gasteiger charge is 2.37. The summed E-state index contributed by atoms with van der Waals surface area (Å²) in [6, 6.07) is 55.3. The molecule has 0 unspecified atom stereocenters. The topological polar surface area (TPSA) is 34.8 Å². The Morgan fingerprint density at radius 1 is 0.582 bits per heavy atom. The highest BCUT2D eigenvalue weighted by Crippen LogP contribution is 2.52. The lowest BCUT2D eigenvalue weighted by Crippen LogP contribution is -2.37. The van der Waals surface area contributed by atoms with Crippen molar-refractivity contribution in [1.82, 2.24) is 14.1 Å². The molecule has 11 aromatic rings. The Kier molecular flexibility index (Phi) is 8.34. The maximum atomic E-state index is 5.32. The molecule has 4 nitrogen and oxygen atoms in total. The average molecular weight is 885 g/mol. The van der Waals surface area contributed by atoms with Crippen LogP contribution in [-0.4, -0.2) is 21.4 Å². The first-order valence-electron chi connectivity index (χ1n) is 23.8. The minimum Gasteiger partial charge on any atom is -0.355 e. The molecule has 0 saturated carbocycles. The van der Waals surface area contributed by atoms with Crippen LogP contribution < -0.4 is 16.2 Å². The first-order chi connectivity index (χ1) is 32.1. The van der Waals surface area contributed by atoms with Crippen molar-refractivity contribution in [2.75, 3.05) is 5.32 Å². The molecule has 13 rings (SSSR count). The molecule has 4 heterocycles. The smallest absolute Gasteiger partial charge is 0.198 e. The number of anilines is 2. The molecule has 0 amide bonds. The number of nitrogens with one attached hydrogen (secondary N) is 1. The lowest BCUT2D eigenvalue weighted by atomic mass is 9.59. The Labute approximate surface area is 397 Å². The molecule has 3 aromatic heterocycles. The zero-order valence-electron chi connectivity index (χ0n) is 39.8. The summed E-state index contributed by atoms with van der Waals surface area (Å²) in [5.74, 6) is 0.980. The number of benzene rings is 8. The Bertz CT molecular complexity index is 3910. The van der Waals surface area contributed by atoms with E-state index in [1.807, 2.05) is 11.3 Å². The molecule has 0 bridgehead atoms. The van der Waals surface area contributed by atoms with Gasteiger partial charge in [-0.3, -0.25) is 0 Å². The minimum atomic E-state index is -0.129. The summed E-state index contributed by atoms with van der Waals surface area (Å²) < 4.78 is 7.49. The van der Waals surface area contributed by atoms with Crippen molar-refractivity contribution in [3.8, 4) is 39.3 Å². The van der Waals surface area contributed by atoms with E-state index in [-0.39, 0.29) is 16.2 Å². The molecule has 0 spiro atoms. The Morgan fingerprint density at radius 2 is 1.30 bits per heavy atom. The zero-order chi connectivity index (χ0) is 45.9. The molecular formula is C61H53BN4S. The van der Waals surface area contributed by atoms with Gasteiger partial charge in [0.05, 0.1) is 16.6 Å². The number of hydrogen-bond donors (Lipinski definition) is 1. The fraction of sp³-hybridized carbons (Fsp3) is 0.197. The normalized spacial score (nSPS) is 14.0. The van der Waals surface area contributed by atoms with Crippen LogP contribution >= 0.6 is 11.3 Å². The quantitative estimate of drug-likeness (QED) is 0.179. The monoisotopic (exact) mass is 884 g/mol. The van der Waals surface area contributed by atoms with Gasteiger partial charge in [0, 0.05) is 77.1 Å². The second-order valence-electron chi connectivity index (χ2n) is 21.8. The maximum absolute atomic E-state index is 5.32. The highest BCUT2D eigenvalue weighted by molar-refractivity contribution is 7.25. The lowest BCUT2D eigenvalue weighted by molar-refractivity contribution is 0.590. The van der Waals surface area contributed by atoms with E-state index in [1.54, 1.807) is 0 Å². The van der Waals surface area contributed by atoms with E-state index in [0.717, 1.165) is 41.1 Å². The SMILES string of the molecule is Cn1c(-c2ccccc2)nc2cc3c(cc21)-n1c2cc4c(cc2c2ccc(-c5cc6c(cc5Nc5ccc(C(C)(C)C)cc5)sc5ccc(C(C)(C)C)cc56)c(c21)B3)-c1ccccc1C4(C)C. The molecule has 1 aliphatic heterocycles. The fourth-order valence-corrected chi connectivity index (χ4v) is 12.6. The van der Waals surface area contributed by atoms with Gasteiger partial charge in [0.1, 0.15) is 5.82 Å². The second kappa shape index (κ2) is 13.8. The number of hydrogen-bond acceptors (Lipinski definition) is 3. The van der Waals surface area contributed by atoms with E-state index in [0.29, 0.717) is 0 Å². The van der Waals surface area contributed by atoms with Gasteiger partial charge in [-0.1, -0.05) is 146 Å². The van der Waals surface area contributed by atoms with Crippen molar-refractivity contribution in [2.45, 2.75) is 71.6 Å². The first kappa shape index (κ1) is 40.4. The van der Waals surface area contributed by atoms with Gasteiger partial charge >= 0.3 is 0 Å². The lowest BCUT2D eigenvalue weighted by Gasteiger charge is -2.25. The fourth-order valence-electron chi connectivity index (χ4n) is 11.5. The second-order valence-corrected chi connectivity index (χ2v) is 22.9. The van der Waals surface area contributed by atoms with E-state index in [2.05, 4.69) is 222 Å². The van der Waals surface area contributed by atoms with Crippen molar-refractivity contribution in [2.24, 2.45) is 7.05 Å². The van der Waals surface area contributed by atoms with E-state index >= 15 is 0 Å². The summed E-state index contributed by atoms with van der Waals surface area (Å²) in [6.07, 6.45) is 0. The number of rotatable bonds is 4. The number of aromatic nitrogens is 3. The summed E-state index contributed by atoms with van der Waals surface area (Å²) in [6.45, 7) is 18.6. The molecule has 0 saturated heterocycles. The van der Waals surface area contributed by atoms with Gasteiger partial charge < -0.3 is 14.5 Å². The molecule has 1 aliphatic carbocycles. The molecule has 8 aromatic carbocycles. The van der Waals surface area contributed by atoms with Gasteiger partial charge in [-0.25, -0.2) is 4.98 Å². The summed E-state index contributed by atoms with van der Waals surface area (Å²) in [4.78, 5) is 5.32. The summed E-state index contributed by atoms with van der Waals surface area (Å²) in [5, 5.41) is 9.21. The van der Waals surface area contributed by atoms with Gasteiger partial charge in [-0.05, 0) is 116 Å². The van der Waals surface area contributed by atoms with Gasteiger partial charge in [0.2, 0.25) is 0 Å². The van der Waals surface area contributed by atoms with Crippen LogP contribution in [0.15, 0.2) is 146 Å². The van der Waals surface area contributed by atoms with Crippen LogP contribution in [-0.2, 0) is 23.3 Å². The van der Waals surface area contributed by atoms with E-state index in [9.17, 15) is 0 Å². The van der Waals surface area contributed by atoms with Crippen LogP contribution in [0.4, 0.5) is 11.4 Å². The van der Waals surface area contributed by atoms with Crippen molar-refractivity contribution < 1.29 is 0 Å². The van der Waals surface area contributed by atoms with Crippen molar-refractivity contribution in [1.29, 1.82) is 0 Å². The Balaban J connectivity index is 1.10. The summed E-state index contributed by atoms with van der Waals surface area (Å²) in [7, 11) is 2.95. The summed E-state index contributed by atoms with van der Waals surface area (Å²) in [5.41, 5.74) is 22.5. The van der Waals surface area contributed by atoms with Crippen LogP contribution in [0.1, 0.15) is 77.6 Å². The van der Waals surface area contributed by atoms with Crippen LogP contribution in [0, 0.1) is 0 Å². The first-order valence-corrected chi connectivity index (χ1v) is 24.6. The largest absolute Gasteiger partial charge is 0.355 e. The van der Waals surface area contributed by atoms with Crippen LogP contribution in [0.3, 0.4) is 0 Å². The number of imidazole rings is 1. The maximum Gasteiger partial charge on any atom is 0.198 e. The molecule has 2 aliphatic rings. The van der Waals surface area contributed by atoms with E-state index in [4.69, 9.17) is 4.98 Å². The zero-order valence-corrected chi connectivity index (χ0v) is 40.6. The predicted octanol–water partition coefficient (Wildman–Crippen LogP) is 14.7. The average Bonchev–Trinajstić information content (AvgIpc) is 4.01. The molecule has 1 N–H and O–H groups in total. The van der Waals surface area contributed by atoms with Gasteiger partial charge in [-0.15, -0.1) is 11.3 Å². The van der Waals surface area contributed by atoms with Crippen molar-refractivity contribution in [3.63, 3.8) is 0 Å². The number of aryl methyl sites for hydroxylation is 1. The standard InChI is InChI=1S/C61H53BN4S/c1-59(2,3)35-19-22-37(23-20-35)63-49-32-55-45(44-27-36(60(4,5)6)21-26-54(44)67-55)29-42(49)39-24-25-40-43-28-41-38-17-13-14-18-46(38)61(7,8)47(41)30-51(43)66-52-33-53-50(31-48(52)62-56(39)57(40)66)64-58(65(53)9)34-15-11-10-12-16-34/h10-33,62-63H,1-9H3. The summed E-state index contributed by atoms with van der Waals surface area (Å²) >= 11 is 1.89. The minimum absolute atomic E-state index is 0.0421. The molecule has 6 heteroatoms. The Morgan fingerprint density at radius 3 is 2.07 bits per heavy atom.